The first kappa shape index (κ1) is 14.3. The maximum Gasteiger partial charge on any atom is 0.185 e. The minimum atomic E-state index is 0.560. The first-order valence-corrected chi connectivity index (χ1v) is 6.90. The lowest BCUT2D eigenvalue weighted by molar-refractivity contribution is 0.391. The highest BCUT2D eigenvalue weighted by atomic mass is 16.5. The predicted molar refractivity (Wildman–Crippen MR) is 78.3 cm³/mol. The largest absolute Gasteiger partial charge is 0.494 e. The molecule has 0 atom stereocenters. The number of nitrogens with zero attached hydrogens (tertiary/aromatic N) is 4. The molecule has 6 nitrogen and oxygen atoms in total. The smallest absolute Gasteiger partial charge is 0.185 e. The van der Waals surface area contributed by atoms with Gasteiger partial charge in [-0.2, -0.15) is 0 Å². The topological polar surface area (TPSA) is 78.9 Å². The quantitative estimate of drug-likeness (QED) is 0.819. The van der Waals surface area contributed by atoms with E-state index in [0.29, 0.717) is 23.2 Å². The standard InChI is InChI=1S/C14H21N5O/c1-4-10(5-2)9-19-14(16-17-18-19)11-7-6-8-12(15)13(11)20-3/h6-8,10H,4-5,9,15H2,1-3H3. The Labute approximate surface area is 118 Å². The second kappa shape index (κ2) is 6.36. The van der Waals surface area contributed by atoms with Crippen LogP contribution in [-0.2, 0) is 6.54 Å². The van der Waals surface area contributed by atoms with Crippen molar-refractivity contribution >= 4 is 5.69 Å². The van der Waals surface area contributed by atoms with Crippen molar-refractivity contribution in [1.29, 1.82) is 0 Å². The van der Waals surface area contributed by atoms with Crippen LogP contribution in [0.4, 0.5) is 5.69 Å². The van der Waals surface area contributed by atoms with E-state index in [4.69, 9.17) is 10.5 Å². The summed E-state index contributed by atoms with van der Waals surface area (Å²) in [6, 6.07) is 5.60. The molecule has 0 unspecified atom stereocenters. The van der Waals surface area contributed by atoms with Crippen molar-refractivity contribution in [2.75, 3.05) is 12.8 Å². The fourth-order valence-corrected chi connectivity index (χ4v) is 2.27. The Morgan fingerprint density at radius 1 is 1.30 bits per heavy atom. The minimum Gasteiger partial charge on any atom is -0.494 e. The first-order chi connectivity index (χ1) is 9.71. The molecule has 0 saturated carbocycles. The number of hydrogen-bond donors (Lipinski definition) is 1. The molecule has 0 aliphatic heterocycles. The van der Waals surface area contributed by atoms with Crippen molar-refractivity contribution < 1.29 is 4.74 Å². The number of benzene rings is 1. The summed E-state index contributed by atoms with van der Waals surface area (Å²) in [6.07, 6.45) is 2.20. The van der Waals surface area contributed by atoms with Crippen LogP contribution in [0, 0.1) is 5.92 Å². The Hall–Kier alpha value is -2.11. The highest BCUT2D eigenvalue weighted by molar-refractivity contribution is 5.73. The van der Waals surface area contributed by atoms with Gasteiger partial charge in [-0.05, 0) is 28.5 Å². The van der Waals surface area contributed by atoms with Crippen LogP contribution in [0.1, 0.15) is 26.7 Å². The molecule has 0 aliphatic carbocycles. The molecule has 1 aromatic carbocycles. The summed E-state index contributed by atoms with van der Waals surface area (Å²) in [7, 11) is 1.60. The number of nitrogen functional groups attached to an aromatic ring is 1. The van der Waals surface area contributed by atoms with Gasteiger partial charge in [0, 0.05) is 6.54 Å². The summed E-state index contributed by atoms with van der Waals surface area (Å²) >= 11 is 0. The molecule has 2 N–H and O–H groups in total. The Balaban J connectivity index is 2.40. The van der Waals surface area contributed by atoms with Gasteiger partial charge in [0.2, 0.25) is 0 Å². The number of ether oxygens (including phenoxy) is 1. The second-order valence-corrected chi connectivity index (χ2v) is 4.80. The van der Waals surface area contributed by atoms with E-state index in [9.17, 15) is 0 Å². The summed E-state index contributed by atoms with van der Waals surface area (Å²) in [4.78, 5) is 0. The van der Waals surface area contributed by atoms with Crippen molar-refractivity contribution in [2.45, 2.75) is 33.2 Å². The van der Waals surface area contributed by atoms with E-state index >= 15 is 0 Å². The average molecular weight is 275 g/mol. The SMILES string of the molecule is CCC(CC)Cn1nnnc1-c1cccc(N)c1OC. The molecule has 6 heteroatoms. The Morgan fingerprint density at radius 2 is 2.05 bits per heavy atom. The van der Waals surface area contributed by atoms with E-state index < -0.39 is 0 Å². The van der Waals surface area contributed by atoms with Gasteiger partial charge in [0.1, 0.15) is 0 Å². The van der Waals surface area contributed by atoms with Crippen LogP contribution >= 0.6 is 0 Å². The lowest BCUT2D eigenvalue weighted by Gasteiger charge is -2.14. The molecule has 1 heterocycles. The zero-order valence-corrected chi connectivity index (χ0v) is 12.2. The third-order valence-corrected chi connectivity index (χ3v) is 3.61. The average Bonchev–Trinajstić information content (AvgIpc) is 2.92. The van der Waals surface area contributed by atoms with Crippen molar-refractivity contribution in [2.24, 2.45) is 5.92 Å². The molecule has 0 saturated heterocycles. The maximum absolute atomic E-state index is 5.94. The van der Waals surface area contributed by atoms with Gasteiger partial charge in [0.15, 0.2) is 11.6 Å². The summed E-state index contributed by atoms with van der Waals surface area (Å²) in [6.45, 7) is 5.16. The number of tetrazole rings is 1. The predicted octanol–water partition coefficient (Wildman–Crippen LogP) is 2.37. The van der Waals surface area contributed by atoms with Crippen LogP contribution in [0.15, 0.2) is 18.2 Å². The van der Waals surface area contributed by atoms with Crippen molar-refractivity contribution in [1.82, 2.24) is 20.2 Å². The van der Waals surface area contributed by atoms with Crippen LogP contribution in [0.3, 0.4) is 0 Å². The molecule has 2 rings (SSSR count). The molecule has 0 radical (unpaired) electrons. The van der Waals surface area contributed by atoms with E-state index in [0.717, 1.165) is 24.9 Å². The van der Waals surface area contributed by atoms with Gasteiger partial charge in [-0.1, -0.05) is 32.8 Å². The van der Waals surface area contributed by atoms with Crippen molar-refractivity contribution in [3.05, 3.63) is 18.2 Å². The summed E-state index contributed by atoms with van der Waals surface area (Å²) in [5.41, 5.74) is 7.35. The molecule has 0 aliphatic rings. The zero-order chi connectivity index (χ0) is 14.5. The van der Waals surface area contributed by atoms with Gasteiger partial charge >= 0.3 is 0 Å². The number of rotatable bonds is 6. The van der Waals surface area contributed by atoms with E-state index in [1.165, 1.54) is 0 Å². The lowest BCUT2D eigenvalue weighted by Crippen LogP contribution is -2.12. The highest BCUT2D eigenvalue weighted by Crippen LogP contribution is 2.33. The number of para-hydroxylation sites is 1. The summed E-state index contributed by atoms with van der Waals surface area (Å²) in [5.74, 6) is 1.87. The van der Waals surface area contributed by atoms with Gasteiger partial charge < -0.3 is 10.5 Å². The van der Waals surface area contributed by atoms with Crippen molar-refractivity contribution in [3.63, 3.8) is 0 Å². The molecular formula is C14H21N5O. The molecule has 108 valence electrons. The van der Waals surface area contributed by atoms with E-state index in [1.54, 1.807) is 13.2 Å². The van der Waals surface area contributed by atoms with Gasteiger partial charge in [-0.3, -0.25) is 0 Å². The van der Waals surface area contributed by atoms with Crippen LogP contribution in [0.2, 0.25) is 0 Å². The first-order valence-electron chi connectivity index (χ1n) is 6.90. The van der Waals surface area contributed by atoms with Crippen LogP contribution in [0.25, 0.3) is 11.4 Å². The van der Waals surface area contributed by atoms with Gasteiger partial charge in [0.05, 0.1) is 18.4 Å². The molecular weight excluding hydrogens is 254 g/mol. The maximum atomic E-state index is 5.94. The Kier molecular flexibility index (Phi) is 4.55. The van der Waals surface area contributed by atoms with Crippen LogP contribution in [-0.4, -0.2) is 27.3 Å². The highest BCUT2D eigenvalue weighted by Gasteiger charge is 2.17. The van der Waals surface area contributed by atoms with Crippen LogP contribution < -0.4 is 10.5 Å². The molecule has 2 aromatic rings. The summed E-state index contributed by atoms with van der Waals surface area (Å²) in [5, 5.41) is 12.0. The number of aromatic nitrogens is 4. The third kappa shape index (κ3) is 2.74. The normalized spacial score (nSPS) is 11.0. The summed E-state index contributed by atoms with van der Waals surface area (Å²) < 4.78 is 7.21. The van der Waals surface area contributed by atoms with E-state index in [-0.39, 0.29) is 0 Å². The van der Waals surface area contributed by atoms with E-state index in [1.807, 2.05) is 16.8 Å². The van der Waals surface area contributed by atoms with Crippen LogP contribution in [0.5, 0.6) is 5.75 Å². The fourth-order valence-electron chi connectivity index (χ4n) is 2.27. The monoisotopic (exact) mass is 275 g/mol. The molecule has 0 amide bonds. The van der Waals surface area contributed by atoms with E-state index in [2.05, 4.69) is 29.4 Å². The minimum absolute atomic E-state index is 0.560. The van der Waals surface area contributed by atoms with Gasteiger partial charge in [-0.15, -0.1) is 5.10 Å². The zero-order valence-electron chi connectivity index (χ0n) is 12.2. The molecule has 1 aromatic heterocycles. The molecule has 0 fully saturated rings. The number of nitrogens with two attached hydrogens (primary N) is 1. The second-order valence-electron chi connectivity index (χ2n) is 4.80. The number of hydrogen-bond acceptors (Lipinski definition) is 5. The number of anilines is 1. The Morgan fingerprint density at radius 3 is 2.70 bits per heavy atom. The number of methoxy groups -OCH3 is 1. The third-order valence-electron chi connectivity index (χ3n) is 3.61. The molecule has 0 bridgehead atoms. The molecule has 0 spiro atoms. The van der Waals surface area contributed by atoms with Gasteiger partial charge in [-0.25, -0.2) is 4.68 Å². The van der Waals surface area contributed by atoms with Crippen molar-refractivity contribution in [3.8, 4) is 17.1 Å². The lowest BCUT2D eigenvalue weighted by atomic mass is 10.0. The molecule has 20 heavy (non-hydrogen) atoms. The fraction of sp³-hybridized carbons (Fsp3) is 0.500. The Bertz CT molecular complexity index is 562. The van der Waals surface area contributed by atoms with Gasteiger partial charge in [0.25, 0.3) is 0 Å².